The summed E-state index contributed by atoms with van der Waals surface area (Å²) in [4.78, 5) is 0. The van der Waals surface area contributed by atoms with Crippen LogP contribution in [0.15, 0.2) is 0 Å². The SMILES string of the molecule is CCSCCC(CO[C@@H]1OC(CO)[C@@H](O[C@@H]2OC(CO)[C@H](O)[C@H](O)C2O)[C@H](O)C1O)OC. The summed E-state index contributed by atoms with van der Waals surface area (Å²) >= 11 is 1.75. The highest BCUT2D eigenvalue weighted by Gasteiger charge is 2.50. The van der Waals surface area contributed by atoms with E-state index in [9.17, 15) is 35.7 Å². The Bertz CT molecular complexity index is 527. The van der Waals surface area contributed by atoms with Gasteiger partial charge in [-0.1, -0.05) is 6.92 Å². The van der Waals surface area contributed by atoms with E-state index in [0.717, 1.165) is 11.5 Å². The average molecular weight is 489 g/mol. The van der Waals surface area contributed by atoms with Crippen molar-refractivity contribution < 1.29 is 59.4 Å². The molecule has 32 heavy (non-hydrogen) atoms. The summed E-state index contributed by atoms with van der Waals surface area (Å²) in [5.74, 6) is 1.84. The lowest BCUT2D eigenvalue weighted by molar-refractivity contribution is -0.360. The molecule has 12 nitrogen and oxygen atoms in total. The summed E-state index contributed by atoms with van der Waals surface area (Å²) in [6, 6.07) is 0. The largest absolute Gasteiger partial charge is 0.394 e. The third-order valence-electron chi connectivity index (χ3n) is 5.53. The summed E-state index contributed by atoms with van der Waals surface area (Å²) < 4.78 is 27.3. The van der Waals surface area contributed by atoms with Crippen LogP contribution < -0.4 is 0 Å². The van der Waals surface area contributed by atoms with Gasteiger partial charge in [0, 0.05) is 7.11 Å². The molecule has 0 radical (unpaired) electrons. The Labute approximate surface area is 191 Å². The highest BCUT2D eigenvalue weighted by atomic mass is 32.2. The van der Waals surface area contributed by atoms with Crippen LogP contribution >= 0.6 is 11.8 Å². The molecular formula is C19H36O12S. The van der Waals surface area contributed by atoms with Gasteiger partial charge in [-0.2, -0.15) is 11.8 Å². The molecule has 2 rings (SSSR count). The Hall–Kier alpha value is -0.130. The van der Waals surface area contributed by atoms with Crippen LogP contribution in [0.1, 0.15) is 13.3 Å². The molecule has 5 unspecified atom stereocenters. The van der Waals surface area contributed by atoms with Gasteiger partial charge in [0.2, 0.25) is 0 Å². The van der Waals surface area contributed by atoms with E-state index in [1.54, 1.807) is 18.9 Å². The lowest BCUT2D eigenvalue weighted by atomic mass is 9.97. The monoisotopic (exact) mass is 488 g/mol. The lowest BCUT2D eigenvalue weighted by Crippen LogP contribution is -2.64. The highest BCUT2D eigenvalue weighted by Crippen LogP contribution is 2.29. The summed E-state index contributed by atoms with van der Waals surface area (Å²) in [6.07, 6.45) is -14.3. The number of hydrogen-bond acceptors (Lipinski definition) is 13. The Morgan fingerprint density at radius 2 is 1.47 bits per heavy atom. The molecule has 2 saturated heterocycles. The van der Waals surface area contributed by atoms with Gasteiger partial charge in [-0.25, -0.2) is 0 Å². The highest BCUT2D eigenvalue weighted by molar-refractivity contribution is 7.99. The van der Waals surface area contributed by atoms with Crippen LogP contribution in [-0.2, 0) is 23.7 Å². The number of aliphatic hydroxyl groups is 7. The quantitative estimate of drug-likeness (QED) is 0.136. The third kappa shape index (κ3) is 6.95. The van der Waals surface area contributed by atoms with Gasteiger partial charge in [-0.15, -0.1) is 0 Å². The second-order valence-electron chi connectivity index (χ2n) is 7.68. The van der Waals surface area contributed by atoms with E-state index in [1.165, 1.54) is 0 Å². The van der Waals surface area contributed by atoms with Gasteiger partial charge in [-0.05, 0) is 17.9 Å². The van der Waals surface area contributed by atoms with Crippen molar-refractivity contribution in [2.45, 2.75) is 80.9 Å². The summed E-state index contributed by atoms with van der Waals surface area (Å²) in [7, 11) is 1.54. The maximum atomic E-state index is 10.6. The van der Waals surface area contributed by atoms with Crippen molar-refractivity contribution in [2.24, 2.45) is 0 Å². The van der Waals surface area contributed by atoms with Crippen LogP contribution in [0.25, 0.3) is 0 Å². The summed E-state index contributed by atoms with van der Waals surface area (Å²) in [6.45, 7) is 0.861. The molecule has 0 aromatic rings. The van der Waals surface area contributed by atoms with Gasteiger partial charge >= 0.3 is 0 Å². The molecule has 190 valence electrons. The van der Waals surface area contributed by atoms with E-state index in [-0.39, 0.29) is 12.7 Å². The van der Waals surface area contributed by atoms with Gasteiger partial charge < -0.3 is 59.4 Å². The Kier molecular flexibility index (Phi) is 12.0. The normalized spacial score (nSPS) is 41.5. The number of rotatable bonds is 12. The number of methoxy groups -OCH3 is 1. The fourth-order valence-corrected chi connectivity index (χ4v) is 4.24. The van der Waals surface area contributed by atoms with Crippen molar-refractivity contribution >= 4 is 11.8 Å². The first-order valence-corrected chi connectivity index (χ1v) is 11.7. The number of ether oxygens (including phenoxy) is 5. The molecule has 7 N–H and O–H groups in total. The fraction of sp³-hybridized carbons (Fsp3) is 1.00. The predicted octanol–water partition coefficient (Wildman–Crippen LogP) is -3.21. The van der Waals surface area contributed by atoms with E-state index in [2.05, 4.69) is 0 Å². The Balaban J connectivity index is 1.99. The van der Waals surface area contributed by atoms with Crippen molar-refractivity contribution in [3.8, 4) is 0 Å². The first-order chi connectivity index (χ1) is 15.3. The van der Waals surface area contributed by atoms with Crippen molar-refractivity contribution in [2.75, 3.05) is 38.4 Å². The number of aliphatic hydroxyl groups excluding tert-OH is 7. The van der Waals surface area contributed by atoms with E-state index in [1.807, 2.05) is 6.92 Å². The molecule has 2 aliphatic heterocycles. The van der Waals surface area contributed by atoms with Crippen LogP contribution in [0.2, 0.25) is 0 Å². The van der Waals surface area contributed by atoms with Gasteiger partial charge in [0.15, 0.2) is 12.6 Å². The molecule has 2 aliphatic rings. The predicted molar refractivity (Wildman–Crippen MR) is 111 cm³/mol. The smallest absolute Gasteiger partial charge is 0.187 e. The van der Waals surface area contributed by atoms with E-state index in [0.29, 0.717) is 6.42 Å². The fourth-order valence-electron chi connectivity index (χ4n) is 3.52. The molecular weight excluding hydrogens is 452 g/mol. The van der Waals surface area contributed by atoms with Crippen molar-refractivity contribution in [1.82, 2.24) is 0 Å². The van der Waals surface area contributed by atoms with Crippen molar-refractivity contribution in [3.05, 3.63) is 0 Å². The molecule has 0 bridgehead atoms. The van der Waals surface area contributed by atoms with Crippen LogP contribution in [0.4, 0.5) is 0 Å². The van der Waals surface area contributed by atoms with E-state index >= 15 is 0 Å². The second-order valence-corrected chi connectivity index (χ2v) is 9.08. The summed E-state index contributed by atoms with van der Waals surface area (Å²) in [5.41, 5.74) is 0. The van der Waals surface area contributed by atoms with Crippen molar-refractivity contribution in [3.63, 3.8) is 0 Å². The minimum absolute atomic E-state index is 0.0889. The molecule has 0 amide bonds. The van der Waals surface area contributed by atoms with Crippen LogP contribution in [0.3, 0.4) is 0 Å². The second kappa shape index (κ2) is 13.7. The molecule has 0 aromatic carbocycles. The molecule has 11 atom stereocenters. The van der Waals surface area contributed by atoms with Crippen LogP contribution in [0, 0.1) is 0 Å². The molecule has 2 heterocycles. The molecule has 0 aliphatic carbocycles. The van der Waals surface area contributed by atoms with Crippen LogP contribution in [0.5, 0.6) is 0 Å². The minimum atomic E-state index is -1.71. The Morgan fingerprint density at radius 3 is 2.06 bits per heavy atom. The number of thioether (sulfide) groups is 1. The third-order valence-corrected chi connectivity index (χ3v) is 6.46. The standard InChI is InChI=1S/C19H36O12S/c1-3-32-5-4-9(27-2)8-28-18-16(26)14(24)17(11(7-21)30-18)31-19-15(25)13(23)12(22)10(6-20)29-19/h9-26H,3-8H2,1-2H3/t9?,10?,11?,12-,13-,14+,15?,16?,17+,18+,19-/m0/s1. The zero-order valence-corrected chi connectivity index (χ0v) is 19.0. The zero-order chi connectivity index (χ0) is 23.8. The van der Waals surface area contributed by atoms with Gasteiger partial charge in [0.05, 0.1) is 25.9 Å². The molecule has 0 aromatic heterocycles. The maximum absolute atomic E-state index is 10.6. The lowest BCUT2D eigenvalue weighted by Gasteiger charge is -2.46. The maximum Gasteiger partial charge on any atom is 0.187 e. The molecule has 13 heteroatoms. The van der Waals surface area contributed by atoms with Gasteiger partial charge in [-0.3, -0.25) is 0 Å². The van der Waals surface area contributed by atoms with Gasteiger partial charge in [0.25, 0.3) is 0 Å². The zero-order valence-electron chi connectivity index (χ0n) is 18.2. The number of hydrogen-bond donors (Lipinski definition) is 7. The molecule has 0 saturated carbocycles. The van der Waals surface area contributed by atoms with E-state index < -0.39 is 74.6 Å². The Morgan fingerprint density at radius 1 is 0.844 bits per heavy atom. The van der Waals surface area contributed by atoms with Crippen molar-refractivity contribution in [1.29, 1.82) is 0 Å². The molecule has 0 spiro atoms. The van der Waals surface area contributed by atoms with Crippen LogP contribution in [-0.4, -0.2) is 142 Å². The molecule has 2 fully saturated rings. The topological polar surface area (TPSA) is 188 Å². The van der Waals surface area contributed by atoms with Gasteiger partial charge in [0.1, 0.15) is 48.8 Å². The average Bonchev–Trinajstić information content (AvgIpc) is 2.80. The first-order valence-electron chi connectivity index (χ1n) is 10.6. The van der Waals surface area contributed by atoms with E-state index in [4.69, 9.17) is 23.7 Å². The minimum Gasteiger partial charge on any atom is -0.394 e. The summed E-state index contributed by atoms with van der Waals surface area (Å²) in [5, 5.41) is 70.0. The first kappa shape index (κ1) is 28.1.